The summed E-state index contributed by atoms with van der Waals surface area (Å²) < 4.78 is 1.92. The molecule has 0 aliphatic carbocycles. The molecule has 55 heavy (non-hydrogen) atoms. The molecule has 3 heterocycles. The summed E-state index contributed by atoms with van der Waals surface area (Å²) in [6.45, 7) is 6.59. The number of aromatic nitrogens is 4. The molecule has 0 spiro atoms. The number of Topliss-reactive ketones (excluding diaryl/α,β-unsaturated/α-hetero) is 1. The lowest BCUT2D eigenvalue weighted by Gasteiger charge is -2.38. The van der Waals surface area contributed by atoms with E-state index in [4.69, 9.17) is 33.2 Å². The zero-order chi connectivity index (χ0) is 38.5. The van der Waals surface area contributed by atoms with Gasteiger partial charge >= 0.3 is 0 Å². The summed E-state index contributed by atoms with van der Waals surface area (Å²) in [5.41, 5.74) is 4.77. The molecule has 0 bridgehead atoms. The van der Waals surface area contributed by atoms with Gasteiger partial charge in [-0.2, -0.15) is 0 Å². The Morgan fingerprint density at radius 1 is 0.927 bits per heavy atom. The van der Waals surface area contributed by atoms with Crippen LogP contribution in [0.4, 0.5) is 0 Å². The number of halogens is 2. The van der Waals surface area contributed by atoms with Gasteiger partial charge in [0.1, 0.15) is 5.52 Å². The third kappa shape index (κ3) is 8.29. The molecule has 11 heteroatoms. The van der Waals surface area contributed by atoms with Gasteiger partial charge in [0.15, 0.2) is 11.6 Å². The van der Waals surface area contributed by atoms with Crippen LogP contribution >= 0.6 is 23.2 Å². The molecule has 2 atom stereocenters. The van der Waals surface area contributed by atoms with E-state index in [0.29, 0.717) is 64.0 Å². The van der Waals surface area contributed by atoms with Crippen LogP contribution in [0.1, 0.15) is 88.2 Å². The van der Waals surface area contributed by atoms with Crippen LogP contribution in [-0.4, -0.2) is 67.6 Å². The lowest BCUT2D eigenvalue weighted by atomic mass is 9.87. The second kappa shape index (κ2) is 17.1. The number of aromatic amines is 1. The van der Waals surface area contributed by atoms with Crippen molar-refractivity contribution < 1.29 is 14.4 Å². The Morgan fingerprint density at radius 3 is 2.44 bits per heavy atom. The van der Waals surface area contributed by atoms with Gasteiger partial charge in [-0.1, -0.05) is 84.7 Å². The number of imidazole rings is 2. The quantitative estimate of drug-likeness (QED) is 0.0843. The number of amides is 1. The van der Waals surface area contributed by atoms with Gasteiger partial charge in [-0.15, -0.1) is 0 Å². The Kier molecular flexibility index (Phi) is 11.9. The first-order valence-electron chi connectivity index (χ1n) is 18.9. The summed E-state index contributed by atoms with van der Waals surface area (Å²) in [4.78, 5) is 56.2. The van der Waals surface area contributed by atoms with E-state index < -0.39 is 0 Å². The second-order valence-electron chi connectivity index (χ2n) is 14.1. The van der Waals surface area contributed by atoms with Gasteiger partial charge in [-0.3, -0.25) is 14.4 Å². The maximum absolute atomic E-state index is 14.1. The van der Waals surface area contributed by atoms with Gasteiger partial charge in [-0.05, 0) is 99.8 Å². The van der Waals surface area contributed by atoms with Crippen molar-refractivity contribution in [3.63, 3.8) is 0 Å². The topological polar surface area (TPSA) is 113 Å². The van der Waals surface area contributed by atoms with Crippen molar-refractivity contribution >= 4 is 62.7 Å². The van der Waals surface area contributed by atoms with E-state index >= 15 is 0 Å². The molecular weight excluding hydrogens is 731 g/mol. The highest BCUT2D eigenvalue weighted by Gasteiger charge is 2.32. The number of nitrogens with one attached hydrogen (secondary N) is 2. The van der Waals surface area contributed by atoms with Crippen molar-refractivity contribution in [2.24, 2.45) is 5.92 Å². The largest absolute Gasteiger partial charge is 0.351 e. The Morgan fingerprint density at radius 2 is 1.69 bits per heavy atom. The van der Waals surface area contributed by atoms with Crippen LogP contribution in [0.2, 0.25) is 10.0 Å². The number of rotatable bonds is 14. The third-order valence-electron chi connectivity index (χ3n) is 10.8. The number of nitrogens with zero attached hydrogens (tertiary/aromatic N) is 4. The molecule has 282 valence electrons. The van der Waals surface area contributed by atoms with Crippen LogP contribution in [0, 0.1) is 5.92 Å². The summed E-state index contributed by atoms with van der Waals surface area (Å²) in [6.07, 6.45) is 7.03. The van der Waals surface area contributed by atoms with Crippen LogP contribution < -0.4 is 5.32 Å². The minimum Gasteiger partial charge on any atom is -0.351 e. The predicted molar refractivity (Wildman–Crippen MR) is 219 cm³/mol. The SMILES string of the molecule is CC=CCn1c(C(=O)c2cccc3[nH]c(C(=O)C4CCN(C(CC)CC(CNC(=O)c5ccccc5)c5ccc(Cl)c(Cl)c5)CC4)nc23)nc2ccccc21. The molecule has 1 saturated heterocycles. The summed E-state index contributed by atoms with van der Waals surface area (Å²) in [5.74, 6) is 0.00422. The molecule has 9 nitrogen and oxygen atoms in total. The van der Waals surface area contributed by atoms with Crippen molar-refractivity contribution in [1.82, 2.24) is 29.7 Å². The van der Waals surface area contributed by atoms with E-state index in [9.17, 15) is 14.4 Å². The molecule has 6 aromatic rings. The monoisotopic (exact) mass is 774 g/mol. The molecule has 7 rings (SSSR count). The number of H-pyrrole nitrogens is 1. The molecule has 2 unspecified atom stereocenters. The smallest absolute Gasteiger partial charge is 0.251 e. The normalized spacial score (nSPS) is 15.1. The molecule has 1 amide bonds. The number of carbonyl (C=O) groups excluding carboxylic acids is 3. The summed E-state index contributed by atoms with van der Waals surface area (Å²) in [5, 5.41) is 4.11. The number of hydrogen-bond donors (Lipinski definition) is 2. The van der Waals surface area contributed by atoms with Crippen molar-refractivity contribution in [2.45, 2.75) is 58.0 Å². The molecule has 4 aromatic carbocycles. The Balaban J connectivity index is 1.05. The van der Waals surface area contributed by atoms with E-state index in [1.54, 1.807) is 18.2 Å². The summed E-state index contributed by atoms with van der Waals surface area (Å²) in [6, 6.07) is 28.2. The van der Waals surface area contributed by atoms with Gasteiger partial charge in [0.25, 0.3) is 5.91 Å². The molecule has 2 aromatic heterocycles. The predicted octanol–water partition coefficient (Wildman–Crippen LogP) is 9.30. The minimum atomic E-state index is -0.241. The standard InChI is InChI=1S/C44H44Cl2N6O3/c1-3-5-22-52-38-17-10-9-15-36(38)49-43(52)41(54)33-14-11-16-37-39(33)50-42(48-37)40(53)28-20-23-51(24-21-28)32(4-2)25-31(30-18-19-34(45)35(46)26-30)27-47-44(55)29-12-7-6-8-13-29/h3,5-19,26,28,31-32H,4,20-25,27H2,1-2H3,(H,47,55)(H,48,50). The first-order chi connectivity index (χ1) is 26.7. The number of para-hydroxylation sites is 3. The maximum Gasteiger partial charge on any atom is 0.251 e. The Hall–Kier alpha value is -5.09. The van der Waals surface area contributed by atoms with Gasteiger partial charge in [0.2, 0.25) is 11.6 Å². The van der Waals surface area contributed by atoms with Crippen LogP contribution in [0.15, 0.2) is 103 Å². The van der Waals surface area contributed by atoms with E-state index in [1.807, 2.05) is 96.4 Å². The first-order valence-corrected chi connectivity index (χ1v) is 19.7. The van der Waals surface area contributed by atoms with Crippen molar-refractivity contribution in [2.75, 3.05) is 19.6 Å². The number of ketones is 2. The molecule has 2 N–H and O–H groups in total. The highest BCUT2D eigenvalue weighted by Crippen LogP contribution is 2.33. The number of hydrogen-bond acceptors (Lipinski definition) is 6. The number of fused-ring (bicyclic) bond motifs is 2. The zero-order valence-electron chi connectivity index (χ0n) is 31.0. The van der Waals surface area contributed by atoms with Crippen LogP contribution in [0.5, 0.6) is 0 Å². The molecular formula is C44H44Cl2N6O3. The first kappa shape index (κ1) is 38.2. The lowest BCUT2D eigenvalue weighted by Crippen LogP contribution is -2.44. The maximum atomic E-state index is 14.1. The van der Waals surface area contributed by atoms with Crippen LogP contribution in [0.3, 0.4) is 0 Å². The van der Waals surface area contributed by atoms with Gasteiger partial charge in [0.05, 0.1) is 32.2 Å². The van der Waals surface area contributed by atoms with Crippen LogP contribution in [-0.2, 0) is 6.54 Å². The fraction of sp³-hybridized carbons (Fsp3) is 0.295. The van der Waals surface area contributed by atoms with Gasteiger partial charge < -0.3 is 19.8 Å². The fourth-order valence-corrected chi connectivity index (χ4v) is 8.04. The number of carbonyl (C=O) groups is 3. The molecule has 0 saturated carbocycles. The number of piperidine rings is 1. The number of allylic oxidation sites excluding steroid dienone is 2. The summed E-state index contributed by atoms with van der Waals surface area (Å²) >= 11 is 12.7. The van der Waals surface area contributed by atoms with Crippen molar-refractivity contribution in [3.05, 3.63) is 142 Å². The lowest BCUT2D eigenvalue weighted by molar-refractivity contribution is 0.0760. The second-order valence-corrected chi connectivity index (χ2v) is 15.0. The average Bonchev–Trinajstić information content (AvgIpc) is 3.83. The highest BCUT2D eigenvalue weighted by atomic mass is 35.5. The van der Waals surface area contributed by atoms with Gasteiger partial charge in [0, 0.05) is 36.5 Å². The van der Waals surface area contributed by atoms with E-state index in [2.05, 4.69) is 22.1 Å². The fourth-order valence-electron chi connectivity index (χ4n) is 7.73. The Labute approximate surface area is 330 Å². The van der Waals surface area contributed by atoms with Crippen molar-refractivity contribution in [1.29, 1.82) is 0 Å². The number of benzene rings is 4. The van der Waals surface area contributed by atoms with E-state index in [1.165, 1.54) is 0 Å². The van der Waals surface area contributed by atoms with Gasteiger partial charge in [-0.25, -0.2) is 9.97 Å². The third-order valence-corrected chi connectivity index (χ3v) is 11.5. The van der Waals surface area contributed by atoms with E-state index in [-0.39, 0.29) is 41.2 Å². The molecule has 1 aliphatic heterocycles. The zero-order valence-corrected chi connectivity index (χ0v) is 32.5. The minimum absolute atomic E-state index is 0.00117. The van der Waals surface area contributed by atoms with Crippen LogP contribution in [0.25, 0.3) is 22.1 Å². The number of likely N-dealkylation sites (tertiary alicyclic amines) is 1. The summed E-state index contributed by atoms with van der Waals surface area (Å²) in [7, 11) is 0. The molecule has 1 aliphatic rings. The highest BCUT2D eigenvalue weighted by molar-refractivity contribution is 6.42. The van der Waals surface area contributed by atoms with Crippen molar-refractivity contribution in [3.8, 4) is 0 Å². The molecule has 1 fully saturated rings. The average molecular weight is 776 g/mol. The van der Waals surface area contributed by atoms with E-state index in [0.717, 1.165) is 42.5 Å². The molecule has 0 radical (unpaired) electrons. The Bertz CT molecular complexity index is 2360.